The number of ketones is 1. The molecule has 6 heteroatoms. The van der Waals surface area contributed by atoms with Crippen LogP contribution in [0.3, 0.4) is 0 Å². The molecule has 0 saturated carbocycles. The van der Waals surface area contributed by atoms with E-state index in [1.165, 1.54) is 16.4 Å². The smallest absolute Gasteiger partial charge is 0.264 e. The lowest BCUT2D eigenvalue weighted by atomic mass is 9.94. The largest absolute Gasteiger partial charge is 0.294 e. The van der Waals surface area contributed by atoms with Gasteiger partial charge in [0.15, 0.2) is 5.78 Å². The number of fused-ring (bicyclic) bond motifs is 1. The Kier molecular flexibility index (Phi) is 3.94. The van der Waals surface area contributed by atoms with Gasteiger partial charge in [-0.2, -0.15) is 0 Å². The first-order valence-electron chi connectivity index (χ1n) is 7.25. The van der Waals surface area contributed by atoms with Gasteiger partial charge in [-0.1, -0.05) is 23.7 Å². The number of halogens is 1. The first-order valence-corrected chi connectivity index (χ1v) is 9.07. The molecule has 2 aromatic rings. The number of Topliss-reactive ketones (excluding diaryl/α,β-unsaturated/α-hetero) is 1. The number of carbonyl (C=O) groups excluding carboxylic acids is 1. The Morgan fingerprint density at radius 3 is 2.43 bits per heavy atom. The number of hydrogen-bond acceptors (Lipinski definition) is 3. The van der Waals surface area contributed by atoms with E-state index in [2.05, 4.69) is 0 Å². The lowest BCUT2D eigenvalue weighted by Crippen LogP contribution is -2.44. The van der Waals surface area contributed by atoms with E-state index in [1.807, 2.05) is 13.0 Å². The molecule has 0 fully saturated rings. The Balaban J connectivity index is 2.19. The zero-order chi connectivity index (χ0) is 16.8. The van der Waals surface area contributed by atoms with E-state index in [4.69, 9.17) is 11.6 Å². The van der Waals surface area contributed by atoms with Crippen LogP contribution in [0.2, 0.25) is 5.02 Å². The molecule has 23 heavy (non-hydrogen) atoms. The van der Waals surface area contributed by atoms with Crippen LogP contribution in [0, 0.1) is 6.92 Å². The van der Waals surface area contributed by atoms with E-state index in [0.717, 1.165) is 5.56 Å². The standard InChI is InChI=1S/C17H16ClNO3S/c1-11-4-3-5-15-17(11)16(20)10-12(2)19(15)23(21,22)14-8-6-13(18)7-9-14/h3-9,12H,10H2,1-2H3. The zero-order valence-corrected chi connectivity index (χ0v) is 14.4. The molecule has 120 valence electrons. The maximum Gasteiger partial charge on any atom is 0.264 e. The molecule has 1 atom stereocenters. The first kappa shape index (κ1) is 16.0. The summed E-state index contributed by atoms with van der Waals surface area (Å²) >= 11 is 5.84. The fourth-order valence-electron chi connectivity index (χ4n) is 2.98. The Morgan fingerprint density at radius 1 is 1.13 bits per heavy atom. The number of benzene rings is 2. The van der Waals surface area contributed by atoms with E-state index in [-0.39, 0.29) is 17.1 Å². The summed E-state index contributed by atoms with van der Waals surface area (Å²) in [5.74, 6) is -0.0202. The average molecular weight is 350 g/mol. The fraction of sp³-hybridized carbons (Fsp3) is 0.235. The summed E-state index contributed by atoms with van der Waals surface area (Å²) in [6.07, 6.45) is 0.171. The van der Waals surface area contributed by atoms with E-state index < -0.39 is 16.1 Å². The molecule has 1 aliphatic heterocycles. The second kappa shape index (κ2) is 5.65. The summed E-state index contributed by atoms with van der Waals surface area (Å²) in [5.41, 5.74) is 1.72. The molecule has 0 N–H and O–H groups in total. The van der Waals surface area contributed by atoms with Crippen LogP contribution in [0.5, 0.6) is 0 Å². The summed E-state index contributed by atoms with van der Waals surface area (Å²) in [4.78, 5) is 12.5. The minimum atomic E-state index is -3.76. The molecule has 0 bridgehead atoms. The number of hydrogen-bond donors (Lipinski definition) is 0. The van der Waals surface area contributed by atoms with Crippen LogP contribution in [0.15, 0.2) is 47.4 Å². The molecular formula is C17H16ClNO3S. The van der Waals surface area contributed by atoms with Crippen LogP contribution in [0.4, 0.5) is 5.69 Å². The van der Waals surface area contributed by atoms with Crippen LogP contribution in [0.25, 0.3) is 0 Å². The van der Waals surface area contributed by atoms with Crippen molar-refractivity contribution >= 4 is 33.1 Å². The average Bonchev–Trinajstić information content (AvgIpc) is 2.47. The van der Waals surface area contributed by atoms with Crippen LogP contribution < -0.4 is 4.31 Å². The zero-order valence-electron chi connectivity index (χ0n) is 12.8. The molecular weight excluding hydrogens is 334 g/mol. The molecule has 3 rings (SSSR count). The van der Waals surface area contributed by atoms with Gasteiger partial charge in [-0.05, 0) is 49.7 Å². The highest BCUT2D eigenvalue weighted by atomic mass is 35.5. The molecule has 1 unspecified atom stereocenters. The molecule has 1 aliphatic rings. The number of carbonyl (C=O) groups is 1. The summed E-state index contributed by atoms with van der Waals surface area (Å²) in [5, 5.41) is 0.474. The monoisotopic (exact) mass is 349 g/mol. The van der Waals surface area contributed by atoms with Crippen molar-refractivity contribution in [1.82, 2.24) is 0 Å². The van der Waals surface area contributed by atoms with Crippen LogP contribution in [-0.4, -0.2) is 20.2 Å². The number of anilines is 1. The summed E-state index contributed by atoms with van der Waals surface area (Å²) in [6, 6.07) is 10.9. The number of nitrogens with zero attached hydrogens (tertiary/aromatic N) is 1. The molecule has 0 saturated heterocycles. The van der Waals surface area contributed by atoms with Gasteiger partial charge < -0.3 is 0 Å². The highest BCUT2D eigenvalue weighted by Gasteiger charge is 2.37. The molecule has 0 aliphatic carbocycles. The predicted molar refractivity (Wildman–Crippen MR) is 90.7 cm³/mol. The normalized spacial score (nSPS) is 18.0. The summed E-state index contributed by atoms with van der Waals surface area (Å²) in [7, 11) is -3.76. The van der Waals surface area contributed by atoms with Gasteiger partial charge >= 0.3 is 0 Å². The van der Waals surface area contributed by atoms with Gasteiger partial charge in [0.05, 0.1) is 10.6 Å². The summed E-state index contributed by atoms with van der Waals surface area (Å²) < 4.78 is 27.5. The summed E-state index contributed by atoms with van der Waals surface area (Å²) in [6.45, 7) is 3.57. The van der Waals surface area contributed by atoms with Crippen LogP contribution in [0.1, 0.15) is 29.3 Å². The third-order valence-electron chi connectivity index (χ3n) is 4.02. The number of sulfonamides is 1. The van der Waals surface area contributed by atoms with Gasteiger partial charge in [-0.15, -0.1) is 0 Å². The second-order valence-corrected chi connectivity index (χ2v) is 7.95. The Hall–Kier alpha value is -1.85. The lowest BCUT2D eigenvalue weighted by molar-refractivity contribution is 0.0971. The van der Waals surface area contributed by atoms with Crippen LogP contribution in [-0.2, 0) is 10.0 Å². The van der Waals surface area contributed by atoms with Crippen LogP contribution >= 0.6 is 11.6 Å². The third kappa shape index (κ3) is 2.64. The van der Waals surface area contributed by atoms with Gasteiger partial charge in [0.1, 0.15) is 0 Å². The van der Waals surface area contributed by atoms with Crippen molar-refractivity contribution in [2.24, 2.45) is 0 Å². The molecule has 4 nitrogen and oxygen atoms in total. The van der Waals surface area contributed by atoms with Gasteiger partial charge in [0.25, 0.3) is 10.0 Å². The highest BCUT2D eigenvalue weighted by Crippen LogP contribution is 2.36. The topological polar surface area (TPSA) is 54.5 Å². The Morgan fingerprint density at radius 2 is 1.78 bits per heavy atom. The van der Waals surface area contributed by atoms with Crippen molar-refractivity contribution in [3.05, 3.63) is 58.6 Å². The second-order valence-electron chi connectivity index (χ2n) is 5.70. The number of rotatable bonds is 2. The minimum Gasteiger partial charge on any atom is -0.294 e. The molecule has 2 aromatic carbocycles. The van der Waals surface area contributed by atoms with E-state index in [1.54, 1.807) is 31.2 Å². The van der Waals surface area contributed by atoms with Gasteiger partial charge in [0, 0.05) is 23.0 Å². The minimum absolute atomic E-state index is 0.0202. The van der Waals surface area contributed by atoms with E-state index in [9.17, 15) is 13.2 Å². The Labute approximate surface area is 140 Å². The molecule has 0 radical (unpaired) electrons. The molecule has 0 aromatic heterocycles. The SMILES string of the molecule is Cc1cccc2c1C(=O)CC(C)N2S(=O)(=O)c1ccc(Cl)cc1. The van der Waals surface area contributed by atoms with E-state index in [0.29, 0.717) is 16.3 Å². The van der Waals surface area contributed by atoms with Gasteiger partial charge in [-0.25, -0.2) is 8.42 Å². The Bertz CT molecular complexity index is 875. The van der Waals surface area contributed by atoms with E-state index >= 15 is 0 Å². The quantitative estimate of drug-likeness (QED) is 0.828. The maximum atomic E-state index is 13.1. The van der Waals surface area contributed by atoms with Crippen molar-refractivity contribution in [2.45, 2.75) is 31.2 Å². The van der Waals surface area contributed by atoms with Crippen molar-refractivity contribution in [1.29, 1.82) is 0 Å². The van der Waals surface area contributed by atoms with Crippen molar-refractivity contribution in [3.63, 3.8) is 0 Å². The lowest BCUT2D eigenvalue weighted by Gasteiger charge is -2.35. The molecule has 0 spiro atoms. The molecule has 0 amide bonds. The highest BCUT2D eigenvalue weighted by molar-refractivity contribution is 7.92. The van der Waals surface area contributed by atoms with Crippen molar-refractivity contribution in [3.8, 4) is 0 Å². The van der Waals surface area contributed by atoms with Crippen molar-refractivity contribution in [2.75, 3.05) is 4.31 Å². The number of aryl methyl sites for hydroxylation is 1. The first-order chi connectivity index (χ1) is 10.8. The molecule has 1 heterocycles. The maximum absolute atomic E-state index is 13.1. The predicted octanol–water partition coefficient (Wildman–Crippen LogP) is 3.82. The fourth-order valence-corrected chi connectivity index (χ4v) is 4.77. The van der Waals surface area contributed by atoms with Gasteiger partial charge in [0.2, 0.25) is 0 Å². The third-order valence-corrected chi connectivity index (χ3v) is 6.21. The van der Waals surface area contributed by atoms with Crippen molar-refractivity contribution < 1.29 is 13.2 Å². The van der Waals surface area contributed by atoms with Gasteiger partial charge in [-0.3, -0.25) is 9.10 Å².